The third-order valence-corrected chi connectivity index (χ3v) is 4.03. The molecule has 1 amide bonds. The summed E-state index contributed by atoms with van der Waals surface area (Å²) >= 11 is 0. The molecule has 0 saturated heterocycles. The van der Waals surface area contributed by atoms with Gasteiger partial charge in [-0.2, -0.15) is 0 Å². The highest BCUT2D eigenvalue weighted by molar-refractivity contribution is 5.77. The number of carbonyl (C=O) groups excluding carboxylic acids is 1. The van der Waals surface area contributed by atoms with Gasteiger partial charge in [0.05, 0.1) is 30.1 Å². The van der Waals surface area contributed by atoms with E-state index in [0.29, 0.717) is 13.0 Å². The maximum atomic E-state index is 12.3. The van der Waals surface area contributed by atoms with Crippen molar-refractivity contribution >= 4 is 16.9 Å². The summed E-state index contributed by atoms with van der Waals surface area (Å²) in [6.07, 6.45) is 0.304. The largest absolute Gasteiger partial charge is 0.493 e. The molecule has 3 rings (SSSR count). The molecule has 25 heavy (non-hydrogen) atoms. The Morgan fingerprint density at radius 3 is 2.56 bits per heavy atom. The van der Waals surface area contributed by atoms with E-state index in [0.717, 1.165) is 22.6 Å². The molecule has 0 spiro atoms. The topological polar surface area (TPSA) is 67.0 Å². The molecule has 0 aliphatic heterocycles. The zero-order valence-electron chi connectivity index (χ0n) is 14.5. The molecule has 3 aromatic rings. The third kappa shape index (κ3) is 4.38. The molecule has 0 saturated carbocycles. The van der Waals surface area contributed by atoms with Crippen molar-refractivity contribution in [1.29, 1.82) is 0 Å². The normalized spacial score (nSPS) is 12.3. The standard InChI is InChI=1S/C20H23N3O2/c1-14(2)19(20-21-16-10-6-7-11-17(16)22-20)23-18(24)12-13-25-15-8-4-3-5-9-15/h3-11,14,19H,12-13H2,1-2H3,(H,21,22)(H,23,24). The second-order valence-electron chi connectivity index (χ2n) is 6.34. The van der Waals surface area contributed by atoms with Crippen LogP contribution < -0.4 is 10.1 Å². The summed E-state index contributed by atoms with van der Waals surface area (Å²) in [5.41, 5.74) is 1.88. The van der Waals surface area contributed by atoms with Crippen molar-refractivity contribution in [2.75, 3.05) is 6.61 Å². The van der Waals surface area contributed by atoms with Crippen LogP contribution in [0.15, 0.2) is 54.6 Å². The highest BCUT2D eigenvalue weighted by Crippen LogP contribution is 2.22. The highest BCUT2D eigenvalue weighted by Gasteiger charge is 2.21. The van der Waals surface area contributed by atoms with Crippen molar-refractivity contribution in [3.05, 3.63) is 60.4 Å². The number of fused-ring (bicyclic) bond motifs is 1. The number of hydrogen-bond acceptors (Lipinski definition) is 3. The van der Waals surface area contributed by atoms with Crippen LogP contribution in [0.2, 0.25) is 0 Å². The molecule has 0 aliphatic carbocycles. The molecule has 0 radical (unpaired) electrons. The first kappa shape index (κ1) is 17.0. The van der Waals surface area contributed by atoms with Gasteiger partial charge in [-0.15, -0.1) is 0 Å². The lowest BCUT2D eigenvalue weighted by molar-refractivity contribution is -0.122. The number of nitrogens with one attached hydrogen (secondary N) is 2. The van der Waals surface area contributed by atoms with Crippen LogP contribution in [0.4, 0.5) is 0 Å². The lowest BCUT2D eigenvalue weighted by Gasteiger charge is -2.20. The van der Waals surface area contributed by atoms with Gasteiger partial charge >= 0.3 is 0 Å². The Labute approximate surface area is 147 Å². The molecule has 1 atom stereocenters. The molecule has 1 unspecified atom stereocenters. The molecule has 1 aromatic heterocycles. The van der Waals surface area contributed by atoms with E-state index >= 15 is 0 Å². The summed E-state index contributed by atoms with van der Waals surface area (Å²) in [5.74, 6) is 1.73. The summed E-state index contributed by atoms with van der Waals surface area (Å²) < 4.78 is 5.59. The Morgan fingerprint density at radius 2 is 1.84 bits per heavy atom. The molecule has 5 heteroatoms. The maximum absolute atomic E-state index is 12.3. The number of rotatable bonds is 7. The fourth-order valence-electron chi connectivity index (χ4n) is 2.69. The average Bonchev–Trinajstić information content (AvgIpc) is 3.04. The van der Waals surface area contributed by atoms with Gasteiger partial charge in [0, 0.05) is 0 Å². The van der Waals surface area contributed by atoms with Crippen molar-refractivity contribution in [2.45, 2.75) is 26.3 Å². The van der Waals surface area contributed by atoms with Crippen LogP contribution in [0.3, 0.4) is 0 Å². The van der Waals surface area contributed by atoms with Gasteiger partial charge in [0.15, 0.2) is 0 Å². The minimum Gasteiger partial charge on any atom is -0.493 e. The van der Waals surface area contributed by atoms with E-state index in [1.807, 2.05) is 54.6 Å². The molecular formula is C20H23N3O2. The summed E-state index contributed by atoms with van der Waals surface area (Å²) in [6.45, 7) is 4.48. The Bertz CT molecular complexity index is 794. The highest BCUT2D eigenvalue weighted by atomic mass is 16.5. The van der Waals surface area contributed by atoms with Gasteiger partial charge in [-0.25, -0.2) is 4.98 Å². The minimum atomic E-state index is -0.156. The predicted octanol–water partition coefficient (Wildman–Crippen LogP) is 3.85. The predicted molar refractivity (Wildman–Crippen MR) is 98.4 cm³/mol. The first-order valence-corrected chi connectivity index (χ1v) is 8.55. The van der Waals surface area contributed by atoms with Crippen LogP contribution in [-0.4, -0.2) is 22.5 Å². The summed E-state index contributed by atoms with van der Waals surface area (Å²) in [4.78, 5) is 20.2. The average molecular weight is 337 g/mol. The number of aromatic nitrogens is 2. The number of para-hydroxylation sites is 3. The summed E-state index contributed by atoms with van der Waals surface area (Å²) in [5, 5.41) is 3.07. The van der Waals surface area contributed by atoms with Gasteiger partial charge in [-0.1, -0.05) is 44.2 Å². The molecule has 0 aliphatic rings. The number of benzene rings is 2. The van der Waals surface area contributed by atoms with Gasteiger partial charge in [0.25, 0.3) is 0 Å². The Balaban J connectivity index is 1.60. The monoisotopic (exact) mass is 337 g/mol. The first-order chi connectivity index (χ1) is 12.1. The van der Waals surface area contributed by atoms with Crippen LogP contribution in [0.1, 0.15) is 32.1 Å². The number of hydrogen-bond donors (Lipinski definition) is 2. The molecule has 5 nitrogen and oxygen atoms in total. The van der Waals surface area contributed by atoms with Crippen molar-refractivity contribution in [3.8, 4) is 5.75 Å². The van der Waals surface area contributed by atoms with Gasteiger partial charge in [0.2, 0.25) is 5.91 Å². The van der Waals surface area contributed by atoms with Gasteiger partial charge in [-0.3, -0.25) is 4.79 Å². The molecule has 2 aromatic carbocycles. The van der Waals surface area contributed by atoms with Crippen molar-refractivity contribution in [3.63, 3.8) is 0 Å². The number of H-pyrrole nitrogens is 1. The molecule has 130 valence electrons. The Hall–Kier alpha value is -2.82. The molecule has 0 fully saturated rings. The number of ether oxygens (including phenoxy) is 1. The number of imidazole rings is 1. The van der Waals surface area contributed by atoms with E-state index in [2.05, 4.69) is 29.1 Å². The van der Waals surface area contributed by atoms with E-state index in [9.17, 15) is 4.79 Å². The van der Waals surface area contributed by atoms with Crippen molar-refractivity contribution in [2.24, 2.45) is 5.92 Å². The number of nitrogens with zero attached hydrogens (tertiary/aromatic N) is 1. The zero-order valence-corrected chi connectivity index (χ0v) is 14.5. The van der Waals surface area contributed by atoms with Crippen molar-refractivity contribution in [1.82, 2.24) is 15.3 Å². The summed E-state index contributed by atoms with van der Waals surface area (Å²) in [6, 6.07) is 17.2. The number of aromatic amines is 1. The fourth-order valence-corrected chi connectivity index (χ4v) is 2.69. The van der Waals surface area contributed by atoms with Crippen LogP contribution in [0.25, 0.3) is 11.0 Å². The number of carbonyl (C=O) groups is 1. The SMILES string of the molecule is CC(C)C(NC(=O)CCOc1ccccc1)c1nc2ccccc2[nH]1. The van der Waals surface area contributed by atoms with E-state index in [4.69, 9.17) is 4.74 Å². The Kier molecular flexibility index (Phi) is 5.33. The lowest BCUT2D eigenvalue weighted by atomic mass is 10.0. The van der Waals surface area contributed by atoms with E-state index in [1.165, 1.54) is 0 Å². The fraction of sp³-hybridized carbons (Fsp3) is 0.300. The van der Waals surface area contributed by atoms with Crippen LogP contribution >= 0.6 is 0 Å². The molecule has 1 heterocycles. The minimum absolute atomic E-state index is 0.0462. The van der Waals surface area contributed by atoms with Crippen LogP contribution in [0.5, 0.6) is 5.75 Å². The molecular weight excluding hydrogens is 314 g/mol. The van der Waals surface area contributed by atoms with E-state index in [1.54, 1.807) is 0 Å². The Morgan fingerprint density at radius 1 is 1.12 bits per heavy atom. The van der Waals surface area contributed by atoms with E-state index < -0.39 is 0 Å². The van der Waals surface area contributed by atoms with Crippen LogP contribution in [0, 0.1) is 5.92 Å². The second-order valence-corrected chi connectivity index (χ2v) is 6.34. The molecule has 0 bridgehead atoms. The van der Waals surface area contributed by atoms with E-state index in [-0.39, 0.29) is 17.9 Å². The smallest absolute Gasteiger partial charge is 0.224 e. The number of amides is 1. The third-order valence-electron chi connectivity index (χ3n) is 4.03. The lowest BCUT2D eigenvalue weighted by Crippen LogP contribution is -2.33. The zero-order chi connectivity index (χ0) is 17.6. The van der Waals surface area contributed by atoms with Gasteiger partial charge in [0.1, 0.15) is 11.6 Å². The maximum Gasteiger partial charge on any atom is 0.224 e. The van der Waals surface area contributed by atoms with Gasteiger partial charge in [-0.05, 0) is 30.2 Å². The van der Waals surface area contributed by atoms with Crippen LogP contribution in [-0.2, 0) is 4.79 Å². The summed E-state index contributed by atoms with van der Waals surface area (Å²) in [7, 11) is 0. The molecule has 2 N–H and O–H groups in total. The van der Waals surface area contributed by atoms with Gasteiger partial charge < -0.3 is 15.0 Å². The quantitative estimate of drug-likeness (QED) is 0.688. The van der Waals surface area contributed by atoms with Crippen molar-refractivity contribution < 1.29 is 9.53 Å². The second kappa shape index (κ2) is 7.83. The first-order valence-electron chi connectivity index (χ1n) is 8.55.